The highest BCUT2D eigenvalue weighted by atomic mass is 32.1. The quantitative estimate of drug-likeness (QED) is 0.173. The second-order valence-electron chi connectivity index (χ2n) is 14.9. The number of hydrogen-bond acceptors (Lipinski definition) is 17. The van der Waals surface area contributed by atoms with Gasteiger partial charge in [0, 0.05) is 77.6 Å². The molecule has 0 atom stereocenters. The van der Waals surface area contributed by atoms with Gasteiger partial charge in [0.1, 0.15) is 21.1 Å². The molecule has 2 N–H and O–H groups in total. The average Bonchev–Trinajstić information content (AvgIpc) is 4.14. The van der Waals surface area contributed by atoms with Gasteiger partial charge in [0.2, 0.25) is 11.6 Å². The van der Waals surface area contributed by atoms with E-state index in [4.69, 9.17) is 8.83 Å². The Hall–Kier alpha value is -6.58. The fourth-order valence-corrected chi connectivity index (χ4v) is 9.25. The van der Waals surface area contributed by atoms with Gasteiger partial charge in [0.25, 0.3) is 23.6 Å². The van der Waals surface area contributed by atoms with Crippen molar-refractivity contribution in [3.63, 3.8) is 0 Å². The molecule has 4 amide bonds. The van der Waals surface area contributed by atoms with Gasteiger partial charge in [-0.25, -0.2) is 9.97 Å². The van der Waals surface area contributed by atoms with E-state index in [0.29, 0.717) is 65.2 Å². The third kappa shape index (κ3) is 8.76. The van der Waals surface area contributed by atoms with Gasteiger partial charge >= 0.3 is 0 Å². The Labute approximate surface area is 362 Å². The first-order chi connectivity index (χ1) is 30.0. The lowest BCUT2D eigenvalue weighted by molar-refractivity contribution is 0.0518. The van der Waals surface area contributed by atoms with E-state index in [9.17, 15) is 38.4 Å². The zero-order valence-corrected chi connectivity index (χ0v) is 35.2. The number of thiazole rings is 2. The predicted molar refractivity (Wildman–Crippen MR) is 221 cm³/mol. The number of ketones is 4. The number of rotatable bonds is 14. The minimum absolute atomic E-state index is 0.0437. The molecule has 21 heteroatoms. The number of allylic oxidation sites excluding steroid dienone is 4. The Kier molecular flexibility index (Phi) is 12.4. The first-order valence-electron chi connectivity index (χ1n) is 20.0. The number of Topliss-reactive ketones (excluding diaryl/α,β-unsaturated/α-hetero) is 2. The van der Waals surface area contributed by atoms with Crippen molar-refractivity contribution < 1.29 is 47.2 Å². The molecule has 322 valence electrons. The minimum atomic E-state index is -0.462. The molecule has 0 unspecified atom stereocenters. The van der Waals surface area contributed by atoms with Crippen LogP contribution in [0, 0.1) is 0 Å². The van der Waals surface area contributed by atoms with Crippen molar-refractivity contribution in [3.8, 4) is 0 Å². The fourth-order valence-electron chi connectivity index (χ4n) is 7.37. The number of nitrogens with one attached hydrogen (secondary N) is 2. The van der Waals surface area contributed by atoms with Crippen LogP contribution < -0.4 is 10.6 Å². The van der Waals surface area contributed by atoms with E-state index in [0.717, 1.165) is 22.7 Å². The first kappa shape index (κ1) is 42.1. The molecule has 8 rings (SSSR count). The van der Waals surface area contributed by atoms with Crippen LogP contribution in [0.25, 0.3) is 0 Å². The number of aromatic nitrogens is 2. The maximum atomic E-state index is 13.3. The fraction of sp³-hybridized carbons (Fsp3) is 0.366. The number of carbonyl (C=O) groups excluding carboxylic acids is 8. The van der Waals surface area contributed by atoms with Crippen LogP contribution in [0.3, 0.4) is 0 Å². The number of nitrogens with zero attached hydrogens (tertiary/aromatic N) is 7. The van der Waals surface area contributed by atoms with E-state index in [-0.39, 0.29) is 92.1 Å². The SMILES string of the molecule is CN(CCCNC1=CC(=O)c2sc(C(=O)N3CCN(C(=O)c4ccco4)CC3)nc2C1=O)CCCNC1=CC(=O)c2sc(C(=O)N3CCN(C(=O)c4ccco4)CC3)nc2C1=O. The maximum Gasteiger partial charge on any atom is 0.289 e. The second-order valence-corrected chi connectivity index (χ2v) is 16.9. The van der Waals surface area contributed by atoms with E-state index in [1.165, 1.54) is 24.7 Å². The molecule has 0 radical (unpaired) electrons. The van der Waals surface area contributed by atoms with Gasteiger partial charge in [-0.1, -0.05) is 0 Å². The number of hydrogen-bond donors (Lipinski definition) is 2. The Morgan fingerprint density at radius 1 is 0.613 bits per heavy atom. The van der Waals surface area contributed by atoms with Gasteiger partial charge in [-0.15, -0.1) is 22.7 Å². The molecule has 62 heavy (non-hydrogen) atoms. The summed E-state index contributed by atoms with van der Waals surface area (Å²) in [5.74, 6) is -2.60. The lowest BCUT2D eigenvalue weighted by atomic mass is 10.0. The lowest BCUT2D eigenvalue weighted by Crippen LogP contribution is -2.50. The van der Waals surface area contributed by atoms with Gasteiger partial charge in [-0.2, -0.15) is 0 Å². The molecular formula is C41H41N9O10S2. The normalized spacial score (nSPS) is 16.6. The maximum absolute atomic E-state index is 13.3. The molecule has 6 heterocycles. The van der Waals surface area contributed by atoms with E-state index in [1.54, 1.807) is 43.9 Å². The van der Waals surface area contributed by atoms with Crippen LogP contribution in [0.4, 0.5) is 0 Å². The third-order valence-electron chi connectivity index (χ3n) is 10.8. The van der Waals surface area contributed by atoms with Crippen LogP contribution in [0.5, 0.6) is 0 Å². The molecule has 0 saturated carbocycles. The largest absolute Gasteiger partial charge is 0.459 e. The highest BCUT2D eigenvalue weighted by Crippen LogP contribution is 2.29. The van der Waals surface area contributed by atoms with Gasteiger partial charge in [-0.3, -0.25) is 38.4 Å². The monoisotopic (exact) mass is 883 g/mol. The molecular weight excluding hydrogens is 843 g/mol. The van der Waals surface area contributed by atoms with Crippen LogP contribution in [-0.4, -0.2) is 167 Å². The summed E-state index contributed by atoms with van der Waals surface area (Å²) in [4.78, 5) is 121. The highest BCUT2D eigenvalue weighted by Gasteiger charge is 2.36. The average molecular weight is 884 g/mol. The van der Waals surface area contributed by atoms with Crippen LogP contribution in [0.2, 0.25) is 0 Å². The molecule has 4 aromatic rings. The number of furan rings is 2. The van der Waals surface area contributed by atoms with Crippen molar-refractivity contribution in [2.75, 3.05) is 85.6 Å². The summed E-state index contributed by atoms with van der Waals surface area (Å²) in [7, 11) is 1.93. The predicted octanol–water partition coefficient (Wildman–Crippen LogP) is 2.10. The summed E-state index contributed by atoms with van der Waals surface area (Å²) in [6.07, 6.45) is 6.60. The minimum Gasteiger partial charge on any atom is -0.459 e. The summed E-state index contributed by atoms with van der Waals surface area (Å²) in [6, 6.07) is 6.44. The van der Waals surface area contributed by atoms with Crippen LogP contribution >= 0.6 is 22.7 Å². The van der Waals surface area contributed by atoms with Crippen molar-refractivity contribution in [2.24, 2.45) is 0 Å². The summed E-state index contributed by atoms with van der Waals surface area (Å²) >= 11 is 1.78. The van der Waals surface area contributed by atoms with Crippen LogP contribution in [0.15, 0.2) is 69.2 Å². The molecule has 0 aromatic carbocycles. The van der Waals surface area contributed by atoms with Crippen molar-refractivity contribution in [1.82, 2.24) is 45.1 Å². The van der Waals surface area contributed by atoms with Crippen LogP contribution in [-0.2, 0) is 0 Å². The third-order valence-corrected chi connectivity index (χ3v) is 12.9. The molecule has 2 aliphatic carbocycles. The van der Waals surface area contributed by atoms with Crippen molar-refractivity contribution in [3.05, 3.63) is 103 Å². The summed E-state index contributed by atoms with van der Waals surface area (Å²) in [6.45, 7) is 4.39. The summed E-state index contributed by atoms with van der Waals surface area (Å²) < 4.78 is 10.4. The van der Waals surface area contributed by atoms with Gasteiger partial charge in [0.05, 0.1) is 23.9 Å². The topological polar surface area (TPSA) is 229 Å². The molecule has 2 fully saturated rings. The smallest absolute Gasteiger partial charge is 0.289 e. The first-order valence-corrected chi connectivity index (χ1v) is 21.6. The molecule has 0 bridgehead atoms. The standard InChI is InChI=1S/C41H41N9O10S2/c1-46(10-4-8-42-24-22-26(51)34-30(32(24)53)44-36(61-34)40(57)49-16-12-47(13-17-49)38(55)28-6-2-20-59-28)11-5-9-43-25-23-27(52)35-31(33(25)54)45-37(62-35)41(58)50-18-14-48(15-19-50)39(56)29-7-3-21-60-29/h2-3,6-7,20-23,42-43H,4-5,8-19H2,1H3. The number of fused-ring (bicyclic) bond motifs is 2. The molecule has 19 nitrogen and oxygen atoms in total. The molecule has 2 saturated heterocycles. The number of amides is 4. The molecule has 2 aliphatic heterocycles. The van der Waals surface area contributed by atoms with E-state index >= 15 is 0 Å². The van der Waals surface area contributed by atoms with Crippen molar-refractivity contribution in [1.29, 1.82) is 0 Å². The molecule has 4 aliphatic rings. The van der Waals surface area contributed by atoms with Crippen molar-refractivity contribution in [2.45, 2.75) is 12.8 Å². The number of piperazine rings is 2. The highest BCUT2D eigenvalue weighted by molar-refractivity contribution is 7.16. The Bertz CT molecular complexity index is 2320. The summed E-state index contributed by atoms with van der Waals surface area (Å²) in [5.41, 5.74) is 0.121. The lowest BCUT2D eigenvalue weighted by Gasteiger charge is -2.33. The van der Waals surface area contributed by atoms with E-state index in [1.807, 2.05) is 7.05 Å². The zero-order chi connectivity index (χ0) is 43.5. The molecule has 0 spiro atoms. The van der Waals surface area contributed by atoms with Gasteiger partial charge < -0.3 is 44.0 Å². The van der Waals surface area contributed by atoms with E-state index < -0.39 is 34.9 Å². The van der Waals surface area contributed by atoms with Gasteiger partial charge in [-0.05, 0) is 57.2 Å². The van der Waals surface area contributed by atoms with E-state index in [2.05, 4.69) is 25.5 Å². The second kappa shape index (κ2) is 18.2. The Morgan fingerprint density at radius 2 is 0.984 bits per heavy atom. The summed E-state index contributed by atoms with van der Waals surface area (Å²) in [5, 5.41) is 6.18. The zero-order valence-electron chi connectivity index (χ0n) is 33.5. The molecule has 4 aromatic heterocycles. The Morgan fingerprint density at radius 3 is 1.34 bits per heavy atom. The number of carbonyl (C=O) groups is 8. The van der Waals surface area contributed by atoms with Gasteiger partial charge in [0.15, 0.2) is 33.1 Å². The van der Waals surface area contributed by atoms with Crippen molar-refractivity contribution >= 4 is 69.4 Å². The Balaban J connectivity index is 0.737. The van der Waals surface area contributed by atoms with Crippen LogP contribution in [0.1, 0.15) is 93.9 Å².